The Bertz CT molecular complexity index is 1220. The zero-order chi connectivity index (χ0) is 27.9. The van der Waals surface area contributed by atoms with Crippen LogP contribution in [0.5, 0.6) is 0 Å². The Kier molecular flexibility index (Phi) is 10.2. The number of benzene rings is 2. The zero-order valence-corrected chi connectivity index (χ0v) is 22.4. The highest BCUT2D eigenvalue weighted by molar-refractivity contribution is 7.92. The molecule has 0 unspecified atom stereocenters. The molecule has 0 spiro atoms. The van der Waals surface area contributed by atoms with Crippen LogP contribution >= 0.6 is 0 Å². The molecule has 1 fully saturated rings. The Morgan fingerprint density at radius 2 is 1.66 bits per heavy atom. The lowest BCUT2D eigenvalue weighted by molar-refractivity contribution is -0.141. The van der Waals surface area contributed by atoms with Gasteiger partial charge in [0, 0.05) is 31.6 Å². The molecular weight excluding hydrogens is 519 g/mol. The number of nitrogens with zero attached hydrogens (tertiary/aromatic N) is 2. The van der Waals surface area contributed by atoms with Crippen molar-refractivity contribution in [1.82, 2.24) is 10.2 Å². The van der Waals surface area contributed by atoms with E-state index in [-0.39, 0.29) is 49.5 Å². The SMILES string of the molecule is C[C@H](C(=O)NC1CCCCC1)N(Cc1ccc(F)cc1)C(=O)CCCN(c1ccc(F)c(F)c1)S(C)(=O)=O. The number of amides is 2. The van der Waals surface area contributed by atoms with Gasteiger partial charge in [-0.15, -0.1) is 0 Å². The summed E-state index contributed by atoms with van der Waals surface area (Å²) in [5.74, 6) is -3.39. The minimum absolute atomic E-state index is 0.0535. The largest absolute Gasteiger partial charge is 0.352 e. The molecule has 2 aromatic carbocycles. The molecule has 0 bridgehead atoms. The molecule has 1 aliphatic carbocycles. The van der Waals surface area contributed by atoms with Crippen molar-refractivity contribution >= 4 is 27.5 Å². The molecule has 1 N–H and O–H groups in total. The van der Waals surface area contributed by atoms with Gasteiger partial charge >= 0.3 is 0 Å². The Labute approximate surface area is 222 Å². The first kappa shape index (κ1) is 29.5. The molecule has 0 heterocycles. The van der Waals surface area contributed by atoms with Gasteiger partial charge in [-0.2, -0.15) is 0 Å². The summed E-state index contributed by atoms with van der Waals surface area (Å²) >= 11 is 0. The summed E-state index contributed by atoms with van der Waals surface area (Å²) in [5, 5.41) is 3.03. The average Bonchev–Trinajstić information content (AvgIpc) is 2.87. The molecule has 0 aromatic heterocycles. The Hall–Kier alpha value is -3.08. The van der Waals surface area contributed by atoms with Gasteiger partial charge in [0.2, 0.25) is 21.8 Å². The van der Waals surface area contributed by atoms with Crippen LogP contribution in [0.4, 0.5) is 18.9 Å². The van der Waals surface area contributed by atoms with Gasteiger partial charge in [-0.25, -0.2) is 21.6 Å². The zero-order valence-electron chi connectivity index (χ0n) is 21.6. The highest BCUT2D eigenvalue weighted by atomic mass is 32.2. The van der Waals surface area contributed by atoms with Crippen molar-refractivity contribution in [3.8, 4) is 0 Å². The minimum Gasteiger partial charge on any atom is -0.352 e. The van der Waals surface area contributed by atoms with E-state index < -0.39 is 33.5 Å². The fourth-order valence-electron chi connectivity index (χ4n) is 4.58. The van der Waals surface area contributed by atoms with Crippen molar-refractivity contribution in [2.45, 2.75) is 70.5 Å². The number of hydrogen-bond acceptors (Lipinski definition) is 4. The lowest BCUT2D eigenvalue weighted by Crippen LogP contribution is -2.50. The standard InChI is InChI=1S/C27H34F3N3O4S/c1-19(27(35)31-22-7-4-3-5-8-22)32(18-20-10-12-21(28)13-11-20)26(34)9-6-16-33(38(2,36)37)23-14-15-24(29)25(30)17-23/h10-15,17,19,22H,3-9,16,18H2,1-2H3,(H,31,35)/t19-/m1/s1. The second-order valence-corrected chi connectivity index (χ2v) is 11.6. The maximum atomic E-state index is 13.7. The third kappa shape index (κ3) is 8.21. The first-order valence-electron chi connectivity index (χ1n) is 12.7. The number of halogens is 3. The summed E-state index contributed by atoms with van der Waals surface area (Å²) < 4.78 is 66.0. The van der Waals surface area contributed by atoms with E-state index in [1.165, 1.54) is 29.2 Å². The predicted octanol–water partition coefficient (Wildman–Crippen LogP) is 4.52. The lowest BCUT2D eigenvalue weighted by Gasteiger charge is -2.31. The van der Waals surface area contributed by atoms with E-state index in [4.69, 9.17) is 0 Å². The fourth-order valence-corrected chi connectivity index (χ4v) is 5.54. The van der Waals surface area contributed by atoms with Crippen LogP contribution in [-0.2, 0) is 26.2 Å². The molecule has 0 radical (unpaired) electrons. The smallest absolute Gasteiger partial charge is 0.242 e. The maximum absolute atomic E-state index is 13.7. The van der Waals surface area contributed by atoms with E-state index in [0.29, 0.717) is 5.56 Å². The third-order valence-electron chi connectivity index (χ3n) is 6.73. The molecule has 3 rings (SSSR count). The van der Waals surface area contributed by atoms with Crippen LogP contribution in [0.2, 0.25) is 0 Å². The van der Waals surface area contributed by atoms with E-state index >= 15 is 0 Å². The molecule has 2 aromatic rings. The van der Waals surface area contributed by atoms with Crippen molar-refractivity contribution in [2.24, 2.45) is 0 Å². The molecule has 0 aliphatic heterocycles. The molecule has 1 aliphatic rings. The molecule has 38 heavy (non-hydrogen) atoms. The Balaban J connectivity index is 1.72. The summed E-state index contributed by atoms with van der Waals surface area (Å²) in [6, 6.07) is 7.65. The quantitative estimate of drug-likeness (QED) is 0.444. The van der Waals surface area contributed by atoms with Gasteiger partial charge in [-0.1, -0.05) is 31.4 Å². The Morgan fingerprint density at radius 3 is 2.26 bits per heavy atom. The van der Waals surface area contributed by atoms with Gasteiger partial charge in [0.05, 0.1) is 11.9 Å². The maximum Gasteiger partial charge on any atom is 0.242 e. The van der Waals surface area contributed by atoms with Crippen molar-refractivity contribution < 1.29 is 31.2 Å². The normalized spacial score (nSPS) is 15.1. The Morgan fingerprint density at radius 1 is 1.00 bits per heavy atom. The highest BCUT2D eigenvalue weighted by Crippen LogP contribution is 2.22. The third-order valence-corrected chi connectivity index (χ3v) is 7.92. The van der Waals surface area contributed by atoms with Gasteiger partial charge in [-0.3, -0.25) is 13.9 Å². The van der Waals surface area contributed by atoms with Crippen LogP contribution in [0.1, 0.15) is 57.4 Å². The van der Waals surface area contributed by atoms with Crippen LogP contribution in [-0.4, -0.2) is 50.0 Å². The van der Waals surface area contributed by atoms with Gasteiger partial charge in [0.15, 0.2) is 11.6 Å². The molecule has 1 atom stereocenters. The van der Waals surface area contributed by atoms with E-state index in [2.05, 4.69) is 5.32 Å². The number of carbonyl (C=O) groups is 2. The molecule has 1 saturated carbocycles. The van der Waals surface area contributed by atoms with Crippen molar-refractivity contribution in [3.63, 3.8) is 0 Å². The summed E-state index contributed by atoms with van der Waals surface area (Å²) in [4.78, 5) is 27.8. The summed E-state index contributed by atoms with van der Waals surface area (Å²) in [7, 11) is -3.84. The number of sulfonamides is 1. The van der Waals surface area contributed by atoms with Gasteiger partial charge in [-0.05, 0) is 56.0 Å². The van der Waals surface area contributed by atoms with E-state index in [9.17, 15) is 31.2 Å². The fraction of sp³-hybridized carbons (Fsp3) is 0.481. The second-order valence-electron chi connectivity index (χ2n) is 9.70. The number of hydrogen-bond donors (Lipinski definition) is 1. The van der Waals surface area contributed by atoms with Crippen LogP contribution in [0, 0.1) is 17.5 Å². The summed E-state index contributed by atoms with van der Waals surface area (Å²) in [6.45, 7) is 1.55. The number of anilines is 1. The van der Waals surface area contributed by atoms with Crippen LogP contribution in [0.25, 0.3) is 0 Å². The molecule has 7 nitrogen and oxygen atoms in total. The van der Waals surface area contributed by atoms with Crippen molar-refractivity contribution in [3.05, 3.63) is 65.5 Å². The van der Waals surface area contributed by atoms with Gasteiger partial charge in [0.1, 0.15) is 11.9 Å². The summed E-state index contributed by atoms with van der Waals surface area (Å²) in [6.07, 6.45) is 5.88. The number of nitrogens with one attached hydrogen (secondary N) is 1. The minimum atomic E-state index is -3.84. The second kappa shape index (κ2) is 13.1. The first-order valence-corrected chi connectivity index (χ1v) is 14.6. The van der Waals surface area contributed by atoms with Crippen molar-refractivity contribution in [2.75, 3.05) is 17.1 Å². The van der Waals surface area contributed by atoms with Crippen molar-refractivity contribution in [1.29, 1.82) is 0 Å². The molecular formula is C27H34F3N3O4S. The van der Waals surface area contributed by atoms with Gasteiger partial charge in [0.25, 0.3) is 0 Å². The van der Waals surface area contributed by atoms with Crippen LogP contribution in [0.3, 0.4) is 0 Å². The summed E-state index contributed by atoms with van der Waals surface area (Å²) in [5.41, 5.74) is 0.582. The molecule has 2 amide bonds. The van der Waals surface area contributed by atoms with Crippen LogP contribution in [0.15, 0.2) is 42.5 Å². The number of rotatable bonds is 11. The molecule has 0 saturated heterocycles. The predicted molar refractivity (Wildman–Crippen MR) is 139 cm³/mol. The lowest BCUT2D eigenvalue weighted by atomic mass is 9.95. The topological polar surface area (TPSA) is 86.8 Å². The first-order chi connectivity index (χ1) is 18.0. The van der Waals surface area contributed by atoms with Crippen LogP contribution < -0.4 is 9.62 Å². The van der Waals surface area contributed by atoms with E-state index in [0.717, 1.165) is 60.9 Å². The molecule has 11 heteroatoms. The number of carbonyl (C=O) groups excluding carboxylic acids is 2. The van der Waals surface area contributed by atoms with E-state index in [1.54, 1.807) is 6.92 Å². The van der Waals surface area contributed by atoms with Gasteiger partial charge < -0.3 is 10.2 Å². The molecule has 208 valence electrons. The van der Waals surface area contributed by atoms with E-state index in [1.807, 2.05) is 0 Å². The average molecular weight is 554 g/mol. The highest BCUT2D eigenvalue weighted by Gasteiger charge is 2.28. The monoisotopic (exact) mass is 553 g/mol.